The topological polar surface area (TPSA) is 37.3 Å². The zero-order chi connectivity index (χ0) is 21.0. The summed E-state index contributed by atoms with van der Waals surface area (Å²) in [6.45, 7) is 12.1. The lowest BCUT2D eigenvalue weighted by molar-refractivity contribution is -0.132. The number of carbonyl (C=O) groups excluding carboxylic acids is 1. The van der Waals surface area contributed by atoms with Crippen LogP contribution >= 0.6 is 0 Å². The van der Waals surface area contributed by atoms with Crippen LogP contribution in [-0.4, -0.2) is 17.0 Å². The third-order valence-electron chi connectivity index (χ3n) is 10.1. The second kappa shape index (κ2) is 7.81. The highest BCUT2D eigenvalue weighted by Crippen LogP contribution is 2.66. The van der Waals surface area contributed by atoms with Crippen molar-refractivity contribution in [2.24, 2.45) is 46.3 Å². The molecule has 8 atom stereocenters. The largest absolute Gasteiger partial charge is 0.393 e. The van der Waals surface area contributed by atoms with Gasteiger partial charge >= 0.3 is 0 Å². The molecule has 0 aromatic rings. The molecule has 164 valence electrons. The number of hydrogen-bond acceptors (Lipinski definition) is 2. The molecule has 0 saturated heterocycles. The summed E-state index contributed by atoms with van der Waals surface area (Å²) in [6, 6.07) is 0. The van der Waals surface area contributed by atoms with Crippen LogP contribution in [0.25, 0.3) is 0 Å². The number of hydrogen-bond donors (Lipinski definition) is 1. The molecular weight excluding hydrogens is 356 g/mol. The van der Waals surface area contributed by atoms with Gasteiger partial charge in [-0.2, -0.15) is 0 Å². The monoisotopic (exact) mass is 400 g/mol. The number of aliphatic hydroxyl groups excluding tert-OH is 1. The van der Waals surface area contributed by atoms with Gasteiger partial charge in [0.2, 0.25) is 0 Å². The Kier molecular flexibility index (Phi) is 5.82. The van der Waals surface area contributed by atoms with Gasteiger partial charge in [0.05, 0.1) is 6.10 Å². The molecule has 0 bridgehead atoms. The first-order valence-corrected chi connectivity index (χ1v) is 12.6. The van der Waals surface area contributed by atoms with Crippen molar-refractivity contribution in [3.63, 3.8) is 0 Å². The lowest BCUT2D eigenvalue weighted by atomic mass is 9.47. The van der Waals surface area contributed by atoms with Gasteiger partial charge in [-0.15, -0.1) is 0 Å². The summed E-state index contributed by atoms with van der Waals surface area (Å²) in [5.74, 6) is 4.00. The van der Waals surface area contributed by atoms with E-state index in [0.717, 1.165) is 30.6 Å². The summed E-state index contributed by atoms with van der Waals surface area (Å²) in [6.07, 6.45) is 13.7. The second-order valence-corrected chi connectivity index (χ2v) is 12.2. The van der Waals surface area contributed by atoms with Gasteiger partial charge in [0.1, 0.15) is 0 Å². The van der Waals surface area contributed by atoms with E-state index in [1.165, 1.54) is 50.5 Å². The fourth-order valence-electron chi connectivity index (χ4n) is 8.37. The van der Waals surface area contributed by atoms with Crippen molar-refractivity contribution in [3.05, 3.63) is 11.6 Å². The Morgan fingerprint density at radius 3 is 2.38 bits per heavy atom. The van der Waals surface area contributed by atoms with Crippen LogP contribution in [0.1, 0.15) is 98.8 Å². The summed E-state index contributed by atoms with van der Waals surface area (Å²) in [4.78, 5) is 13.2. The minimum absolute atomic E-state index is 0.0523. The number of rotatable bonds is 5. The molecule has 4 rings (SSSR count). The van der Waals surface area contributed by atoms with Crippen molar-refractivity contribution in [2.45, 2.75) is 105 Å². The first-order chi connectivity index (χ1) is 13.7. The van der Waals surface area contributed by atoms with Crippen molar-refractivity contribution in [1.29, 1.82) is 0 Å². The third-order valence-corrected chi connectivity index (χ3v) is 10.1. The number of allylic oxidation sites excluding steroid dienone is 2. The Morgan fingerprint density at radius 1 is 0.966 bits per heavy atom. The fourth-order valence-corrected chi connectivity index (χ4v) is 8.37. The van der Waals surface area contributed by atoms with Crippen LogP contribution in [0.15, 0.2) is 11.6 Å². The highest BCUT2D eigenvalue weighted by atomic mass is 16.3. The van der Waals surface area contributed by atoms with Gasteiger partial charge in [-0.05, 0) is 91.4 Å². The average molecular weight is 401 g/mol. The van der Waals surface area contributed by atoms with E-state index in [0.29, 0.717) is 29.5 Å². The van der Waals surface area contributed by atoms with Gasteiger partial charge in [-0.3, -0.25) is 4.79 Å². The predicted molar refractivity (Wildman–Crippen MR) is 119 cm³/mol. The quantitative estimate of drug-likeness (QED) is 0.567. The van der Waals surface area contributed by atoms with E-state index in [4.69, 9.17) is 0 Å². The standard InChI is InChI=1S/C27H44O2/c1-17(2)7-6-8-18(3)21-9-10-22-20-16-25(29)24-15-19(28)11-13-27(24,5)23(20)12-14-26(21,22)4/h16-19,21-24,28H,6-15H2,1-5H3/t18-,19+,21-,22+,23+,24-,26-,27-/m1/s1. The molecule has 3 fully saturated rings. The number of ketones is 1. The second-order valence-electron chi connectivity index (χ2n) is 12.2. The van der Waals surface area contributed by atoms with E-state index in [-0.39, 0.29) is 17.4 Å². The van der Waals surface area contributed by atoms with Crippen molar-refractivity contribution >= 4 is 5.78 Å². The zero-order valence-electron chi connectivity index (χ0n) is 19.5. The molecule has 0 radical (unpaired) electrons. The molecule has 0 aliphatic heterocycles. The third kappa shape index (κ3) is 3.56. The molecule has 0 amide bonds. The Hall–Kier alpha value is -0.630. The van der Waals surface area contributed by atoms with Gasteiger partial charge in [0, 0.05) is 5.92 Å². The van der Waals surface area contributed by atoms with Gasteiger partial charge in [0.25, 0.3) is 0 Å². The zero-order valence-corrected chi connectivity index (χ0v) is 19.5. The summed E-state index contributed by atoms with van der Waals surface area (Å²) in [7, 11) is 0. The highest BCUT2D eigenvalue weighted by Gasteiger charge is 2.59. The van der Waals surface area contributed by atoms with E-state index < -0.39 is 0 Å². The van der Waals surface area contributed by atoms with Crippen LogP contribution in [0.2, 0.25) is 0 Å². The van der Waals surface area contributed by atoms with E-state index in [1.54, 1.807) is 0 Å². The predicted octanol–water partition coefficient (Wildman–Crippen LogP) is 6.57. The van der Waals surface area contributed by atoms with Gasteiger partial charge in [0.15, 0.2) is 5.78 Å². The van der Waals surface area contributed by atoms with Crippen LogP contribution in [0.5, 0.6) is 0 Å². The first-order valence-electron chi connectivity index (χ1n) is 12.6. The van der Waals surface area contributed by atoms with Crippen molar-refractivity contribution in [1.82, 2.24) is 0 Å². The number of aliphatic hydroxyl groups is 1. The molecule has 2 heteroatoms. The van der Waals surface area contributed by atoms with E-state index in [1.807, 2.05) is 0 Å². The molecule has 0 aromatic carbocycles. The van der Waals surface area contributed by atoms with Crippen molar-refractivity contribution in [3.8, 4) is 0 Å². The van der Waals surface area contributed by atoms with Crippen molar-refractivity contribution in [2.75, 3.05) is 0 Å². The smallest absolute Gasteiger partial charge is 0.159 e. The molecule has 0 unspecified atom stereocenters. The SMILES string of the molecule is CC(C)CCC[C@@H](C)[C@H]1CC[C@H]2C3=CC(=O)[C@H]4C[C@@H](O)CC[C@]4(C)[C@H]3CC[C@]12C. The Labute approximate surface area is 178 Å². The summed E-state index contributed by atoms with van der Waals surface area (Å²) < 4.78 is 0. The Bertz CT molecular complexity index is 663. The van der Waals surface area contributed by atoms with Crippen LogP contribution in [-0.2, 0) is 4.79 Å². The van der Waals surface area contributed by atoms with Crippen LogP contribution in [0, 0.1) is 46.3 Å². The Balaban J connectivity index is 1.55. The number of fused-ring (bicyclic) bond motifs is 5. The summed E-state index contributed by atoms with van der Waals surface area (Å²) >= 11 is 0. The molecule has 29 heavy (non-hydrogen) atoms. The van der Waals surface area contributed by atoms with Crippen LogP contribution in [0.3, 0.4) is 0 Å². The van der Waals surface area contributed by atoms with Gasteiger partial charge in [-0.25, -0.2) is 0 Å². The molecule has 0 spiro atoms. The molecule has 0 heterocycles. The molecule has 4 aliphatic rings. The average Bonchev–Trinajstić information content (AvgIpc) is 3.00. The lowest BCUT2D eigenvalue weighted by Crippen LogP contribution is -2.52. The summed E-state index contributed by atoms with van der Waals surface area (Å²) in [5.41, 5.74) is 2.00. The maximum Gasteiger partial charge on any atom is 0.159 e. The maximum atomic E-state index is 13.2. The minimum atomic E-state index is -0.275. The minimum Gasteiger partial charge on any atom is -0.393 e. The van der Waals surface area contributed by atoms with E-state index in [9.17, 15) is 9.90 Å². The molecule has 3 saturated carbocycles. The van der Waals surface area contributed by atoms with Crippen molar-refractivity contribution < 1.29 is 9.90 Å². The van der Waals surface area contributed by atoms with Crippen LogP contribution in [0.4, 0.5) is 0 Å². The number of carbonyl (C=O) groups is 1. The van der Waals surface area contributed by atoms with Gasteiger partial charge in [-0.1, -0.05) is 59.5 Å². The maximum absolute atomic E-state index is 13.2. The molecule has 1 N–H and O–H groups in total. The Morgan fingerprint density at radius 2 is 1.66 bits per heavy atom. The van der Waals surface area contributed by atoms with Gasteiger partial charge < -0.3 is 5.11 Å². The molecule has 0 aromatic heterocycles. The van der Waals surface area contributed by atoms with E-state index in [2.05, 4.69) is 40.7 Å². The van der Waals surface area contributed by atoms with E-state index >= 15 is 0 Å². The molecule has 4 aliphatic carbocycles. The lowest BCUT2D eigenvalue weighted by Gasteiger charge is -2.57. The normalized spacial score (nSPS) is 45.4. The summed E-state index contributed by atoms with van der Waals surface area (Å²) in [5, 5.41) is 10.2. The molecular formula is C27H44O2. The fraction of sp³-hybridized carbons (Fsp3) is 0.889. The first kappa shape index (κ1) is 21.6. The highest BCUT2D eigenvalue weighted by molar-refractivity contribution is 5.94. The molecule has 2 nitrogen and oxygen atoms in total. The van der Waals surface area contributed by atoms with Crippen LogP contribution < -0.4 is 0 Å².